The van der Waals surface area contributed by atoms with E-state index in [1.165, 1.54) is 0 Å². The largest absolute Gasteiger partial charge is 0.452 e. The summed E-state index contributed by atoms with van der Waals surface area (Å²) in [6.45, 7) is 0.482. The molecule has 0 aromatic rings. The quantitative estimate of drug-likeness (QED) is 0.666. The molecular weight excluding hydrogens is 212 g/mol. The first-order valence-electron chi connectivity index (χ1n) is 3.95. The number of carbonyl (C=O) groups excluding carboxylic acids is 1. The van der Waals surface area contributed by atoms with E-state index >= 15 is 0 Å². The Morgan fingerprint density at radius 1 is 1.71 bits per heavy atom. The molecular formula is C6H12N2O5S. The lowest BCUT2D eigenvalue weighted by Crippen LogP contribution is -2.48. The van der Waals surface area contributed by atoms with Crippen LogP contribution in [0.2, 0.25) is 0 Å². The van der Waals surface area contributed by atoms with Gasteiger partial charge in [-0.25, -0.2) is 9.93 Å². The van der Waals surface area contributed by atoms with Crippen LogP contribution in [0, 0.1) is 0 Å². The Balaban J connectivity index is 2.66. The number of nitrogens with zero attached hydrogens (tertiary/aromatic N) is 1. The maximum atomic E-state index is 11.0. The summed E-state index contributed by atoms with van der Waals surface area (Å²) in [7, 11) is -2.98. The third-order valence-corrected chi connectivity index (χ3v) is 2.76. The summed E-state index contributed by atoms with van der Waals surface area (Å²) in [5, 5.41) is 4.83. The number of rotatable bonds is 3. The van der Waals surface area contributed by atoms with Gasteiger partial charge in [0.2, 0.25) is 0 Å². The Morgan fingerprint density at radius 3 is 2.57 bits per heavy atom. The van der Waals surface area contributed by atoms with Crippen LogP contribution in [0.3, 0.4) is 0 Å². The predicted octanol–water partition coefficient (Wildman–Crippen LogP) is -0.953. The van der Waals surface area contributed by atoms with E-state index in [9.17, 15) is 13.2 Å². The average Bonchev–Trinajstić information content (AvgIpc) is 1.98. The monoisotopic (exact) mass is 224 g/mol. The molecule has 0 radical (unpaired) electrons. The predicted molar refractivity (Wildman–Crippen MR) is 46.6 cm³/mol. The molecule has 1 amide bonds. The second-order valence-electron chi connectivity index (χ2n) is 2.83. The van der Waals surface area contributed by atoms with Gasteiger partial charge in [-0.05, 0) is 6.42 Å². The first kappa shape index (κ1) is 11.2. The Bertz CT molecular complexity index is 310. The van der Waals surface area contributed by atoms with Crippen LogP contribution in [0.1, 0.15) is 6.42 Å². The second kappa shape index (κ2) is 4.11. The van der Waals surface area contributed by atoms with Crippen molar-refractivity contribution in [3.05, 3.63) is 0 Å². The number of methoxy groups -OCH3 is 1. The fraction of sp³-hybridized carbons (Fsp3) is 0.833. The average molecular weight is 224 g/mol. The minimum absolute atomic E-state index is 0.0918. The highest BCUT2D eigenvalue weighted by Crippen LogP contribution is 2.14. The zero-order valence-electron chi connectivity index (χ0n) is 7.67. The van der Waals surface area contributed by atoms with Crippen LogP contribution in [0.4, 0.5) is 4.79 Å². The lowest BCUT2D eigenvalue weighted by Gasteiger charge is -2.30. The van der Waals surface area contributed by atoms with Crippen LogP contribution in [-0.4, -0.2) is 45.2 Å². The van der Waals surface area contributed by atoms with Gasteiger partial charge in [0.1, 0.15) is 0 Å². The number of amides is 1. The van der Waals surface area contributed by atoms with Crippen LogP contribution in [0.5, 0.6) is 0 Å². The van der Waals surface area contributed by atoms with Crippen molar-refractivity contribution in [2.45, 2.75) is 12.5 Å². The lowest BCUT2D eigenvalue weighted by molar-refractivity contribution is -0.0561. The molecule has 7 nitrogen and oxygen atoms in total. The van der Waals surface area contributed by atoms with Gasteiger partial charge in [-0.3, -0.25) is 0 Å². The standard InChI is InChI=1S/C6H12N2O5S/c1-12-6(9)8(14(7,10)11)4-5-2-3-13-5/h5H,2-4H2,1H3,(H2,7,10,11). The molecule has 0 aromatic heterocycles. The van der Waals surface area contributed by atoms with Gasteiger partial charge in [-0.1, -0.05) is 0 Å². The summed E-state index contributed by atoms with van der Waals surface area (Å²) < 4.78 is 31.6. The van der Waals surface area contributed by atoms with Crippen molar-refractivity contribution >= 4 is 16.3 Å². The Morgan fingerprint density at radius 2 is 2.29 bits per heavy atom. The maximum Gasteiger partial charge on any atom is 0.424 e. The SMILES string of the molecule is COC(=O)N(CC1CCO1)S(N)(=O)=O. The Labute approximate surface area is 81.9 Å². The highest BCUT2D eigenvalue weighted by Gasteiger charge is 2.31. The van der Waals surface area contributed by atoms with Crippen molar-refractivity contribution in [2.75, 3.05) is 20.3 Å². The van der Waals surface area contributed by atoms with E-state index in [0.717, 1.165) is 7.11 Å². The van der Waals surface area contributed by atoms with Gasteiger partial charge in [-0.15, -0.1) is 0 Å². The molecule has 82 valence electrons. The topological polar surface area (TPSA) is 98.9 Å². The molecule has 0 aliphatic carbocycles. The number of hydrogen-bond acceptors (Lipinski definition) is 5. The van der Waals surface area contributed by atoms with Gasteiger partial charge in [0.05, 0.1) is 19.8 Å². The summed E-state index contributed by atoms with van der Waals surface area (Å²) in [5.74, 6) is 0. The normalized spacial score (nSPS) is 21.1. The van der Waals surface area contributed by atoms with Gasteiger partial charge >= 0.3 is 16.3 Å². The summed E-state index contributed by atoms with van der Waals surface area (Å²) >= 11 is 0. The molecule has 1 atom stereocenters. The van der Waals surface area contributed by atoms with Gasteiger partial charge in [0.15, 0.2) is 0 Å². The van der Waals surface area contributed by atoms with Gasteiger partial charge in [0, 0.05) is 6.61 Å². The molecule has 0 saturated carbocycles. The zero-order valence-corrected chi connectivity index (χ0v) is 8.49. The third kappa shape index (κ3) is 2.56. The van der Waals surface area contributed by atoms with Crippen molar-refractivity contribution in [3.63, 3.8) is 0 Å². The summed E-state index contributed by atoms with van der Waals surface area (Å²) in [6, 6.07) is 0. The zero-order chi connectivity index (χ0) is 10.8. The van der Waals surface area contributed by atoms with Crippen LogP contribution in [-0.2, 0) is 19.7 Å². The molecule has 14 heavy (non-hydrogen) atoms. The minimum Gasteiger partial charge on any atom is -0.452 e. The van der Waals surface area contributed by atoms with Crippen molar-refractivity contribution in [1.82, 2.24) is 4.31 Å². The van der Waals surface area contributed by atoms with Crippen LogP contribution in [0.25, 0.3) is 0 Å². The number of ether oxygens (including phenoxy) is 2. The maximum absolute atomic E-state index is 11.0. The molecule has 1 fully saturated rings. The van der Waals surface area contributed by atoms with Crippen molar-refractivity contribution in [1.29, 1.82) is 0 Å². The first-order valence-corrected chi connectivity index (χ1v) is 5.45. The van der Waals surface area contributed by atoms with E-state index in [4.69, 9.17) is 9.88 Å². The molecule has 0 aromatic carbocycles. The van der Waals surface area contributed by atoms with E-state index in [0.29, 0.717) is 17.3 Å². The van der Waals surface area contributed by atoms with E-state index < -0.39 is 16.3 Å². The Hall–Kier alpha value is -0.860. The van der Waals surface area contributed by atoms with Gasteiger partial charge in [-0.2, -0.15) is 12.7 Å². The van der Waals surface area contributed by atoms with Gasteiger partial charge in [0.25, 0.3) is 0 Å². The smallest absolute Gasteiger partial charge is 0.424 e. The fourth-order valence-electron chi connectivity index (χ4n) is 0.998. The molecule has 1 saturated heterocycles. The lowest BCUT2D eigenvalue weighted by atomic mass is 10.2. The molecule has 0 bridgehead atoms. The number of nitrogens with two attached hydrogens (primary N) is 1. The van der Waals surface area contributed by atoms with E-state index in [-0.39, 0.29) is 12.6 Å². The number of hydrogen-bond donors (Lipinski definition) is 1. The highest BCUT2D eigenvalue weighted by atomic mass is 32.2. The third-order valence-electron chi connectivity index (χ3n) is 1.85. The molecule has 1 unspecified atom stereocenters. The van der Waals surface area contributed by atoms with Crippen LogP contribution >= 0.6 is 0 Å². The molecule has 1 heterocycles. The molecule has 1 rings (SSSR count). The van der Waals surface area contributed by atoms with Crippen LogP contribution in [0.15, 0.2) is 0 Å². The number of carbonyl (C=O) groups is 1. The summed E-state index contributed by atoms with van der Waals surface area (Å²) in [5.41, 5.74) is 0. The summed E-state index contributed by atoms with van der Waals surface area (Å²) in [4.78, 5) is 11.0. The summed E-state index contributed by atoms with van der Waals surface area (Å²) in [6.07, 6.45) is -0.557. The minimum atomic E-state index is -4.07. The van der Waals surface area contributed by atoms with E-state index in [1.807, 2.05) is 0 Å². The van der Waals surface area contributed by atoms with Crippen molar-refractivity contribution in [2.24, 2.45) is 5.14 Å². The highest BCUT2D eigenvalue weighted by molar-refractivity contribution is 7.87. The molecule has 1 aliphatic rings. The molecule has 1 aliphatic heterocycles. The second-order valence-corrected chi connectivity index (χ2v) is 4.30. The molecule has 8 heteroatoms. The molecule has 0 spiro atoms. The first-order chi connectivity index (χ1) is 6.45. The van der Waals surface area contributed by atoms with E-state index in [1.54, 1.807) is 0 Å². The molecule has 2 N–H and O–H groups in total. The van der Waals surface area contributed by atoms with Crippen molar-refractivity contribution < 1.29 is 22.7 Å². The Kier molecular flexibility index (Phi) is 3.29. The van der Waals surface area contributed by atoms with E-state index in [2.05, 4.69) is 4.74 Å². The van der Waals surface area contributed by atoms with Gasteiger partial charge < -0.3 is 9.47 Å². The van der Waals surface area contributed by atoms with Crippen molar-refractivity contribution in [3.8, 4) is 0 Å². The fourth-order valence-corrected chi connectivity index (χ4v) is 1.65. The van der Waals surface area contributed by atoms with Crippen LogP contribution < -0.4 is 5.14 Å².